The lowest BCUT2D eigenvalue weighted by Gasteiger charge is -2.08. The van der Waals surface area contributed by atoms with Gasteiger partial charge in [0.2, 0.25) is 0 Å². The minimum atomic E-state index is -1.06. The van der Waals surface area contributed by atoms with E-state index in [9.17, 15) is 9.59 Å². The van der Waals surface area contributed by atoms with Gasteiger partial charge in [0.05, 0.1) is 11.3 Å². The number of benzene rings is 2. The summed E-state index contributed by atoms with van der Waals surface area (Å²) in [4.78, 5) is 21.2. The van der Waals surface area contributed by atoms with Gasteiger partial charge in [-0.25, -0.2) is 4.79 Å². The Labute approximate surface area is 120 Å². The quantitative estimate of drug-likeness (QED) is 0.569. The van der Waals surface area contributed by atoms with Gasteiger partial charge in [-0.2, -0.15) is 0 Å². The van der Waals surface area contributed by atoms with Gasteiger partial charge in [-0.1, -0.05) is 12.1 Å². The van der Waals surface area contributed by atoms with Crippen molar-refractivity contribution in [3.05, 3.63) is 53.1 Å². The monoisotopic (exact) mass is 286 g/mol. The number of anilines is 2. The number of carboxylic acid groups (broad SMARTS) is 1. The largest absolute Gasteiger partial charge is 0.478 e. The lowest BCUT2D eigenvalue weighted by Crippen LogP contribution is -2.03. The van der Waals surface area contributed by atoms with E-state index in [1.54, 1.807) is 30.3 Å². The number of carbonyl (C=O) groups is 2. The third-order valence-electron chi connectivity index (χ3n) is 3.00. The van der Waals surface area contributed by atoms with Crippen molar-refractivity contribution in [2.75, 3.05) is 11.5 Å². The number of hydrogen-bond donors (Lipinski definition) is 3. The topological polar surface area (TPSA) is 116 Å². The summed E-state index contributed by atoms with van der Waals surface area (Å²) in [6.07, 6.45) is 0.537. The van der Waals surface area contributed by atoms with E-state index in [2.05, 4.69) is 0 Å². The van der Waals surface area contributed by atoms with E-state index >= 15 is 0 Å². The smallest absolute Gasteiger partial charge is 0.337 e. The number of nitrogens with two attached hydrogens (primary N) is 2. The van der Waals surface area contributed by atoms with E-state index in [0.29, 0.717) is 24.3 Å². The fourth-order valence-corrected chi connectivity index (χ4v) is 2.02. The highest BCUT2D eigenvalue weighted by atomic mass is 16.5. The van der Waals surface area contributed by atoms with Crippen molar-refractivity contribution in [3.8, 4) is 5.75 Å². The summed E-state index contributed by atoms with van der Waals surface area (Å²) in [5.74, 6) is -0.756. The molecule has 0 aliphatic heterocycles. The van der Waals surface area contributed by atoms with Crippen LogP contribution in [0, 0.1) is 0 Å². The van der Waals surface area contributed by atoms with Gasteiger partial charge < -0.3 is 21.3 Å². The molecular weight excluding hydrogens is 272 g/mol. The molecule has 0 saturated carbocycles. The summed E-state index contributed by atoms with van der Waals surface area (Å²) >= 11 is 0. The Morgan fingerprint density at radius 2 is 1.71 bits per heavy atom. The number of carboxylic acids is 1. The molecule has 0 spiro atoms. The van der Waals surface area contributed by atoms with Crippen LogP contribution < -0.4 is 16.2 Å². The molecule has 2 aromatic carbocycles. The zero-order valence-corrected chi connectivity index (χ0v) is 11.1. The van der Waals surface area contributed by atoms with Gasteiger partial charge >= 0.3 is 5.97 Å². The van der Waals surface area contributed by atoms with Gasteiger partial charge in [0.1, 0.15) is 0 Å². The van der Waals surface area contributed by atoms with Crippen LogP contribution in [0.2, 0.25) is 0 Å². The minimum absolute atomic E-state index is 0.0768. The number of rotatable bonds is 5. The van der Waals surface area contributed by atoms with Crippen molar-refractivity contribution in [1.82, 2.24) is 0 Å². The Kier molecular flexibility index (Phi) is 4.08. The van der Waals surface area contributed by atoms with Crippen molar-refractivity contribution in [2.24, 2.45) is 0 Å². The number of carbonyl (C=O) groups excluding carboxylic acids is 1. The van der Waals surface area contributed by atoms with E-state index in [0.717, 1.165) is 11.1 Å². The zero-order valence-electron chi connectivity index (χ0n) is 11.1. The first-order chi connectivity index (χ1) is 10.0. The Bertz CT molecular complexity index is 698. The van der Waals surface area contributed by atoms with Crippen molar-refractivity contribution in [1.29, 1.82) is 0 Å². The van der Waals surface area contributed by atoms with Crippen molar-refractivity contribution in [2.45, 2.75) is 6.42 Å². The summed E-state index contributed by atoms with van der Waals surface area (Å²) in [7, 11) is 0. The zero-order chi connectivity index (χ0) is 15.4. The van der Waals surface area contributed by atoms with Crippen molar-refractivity contribution < 1.29 is 19.4 Å². The molecule has 21 heavy (non-hydrogen) atoms. The first-order valence-electron chi connectivity index (χ1n) is 6.11. The maximum Gasteiger partial charge on any atom is 0.337 e. The third-order valence-corrected chi connectivity index (χ3v) is 3.00. The number of nitrogen functional groups attached to an aromatic ring is 2. The van der Waals surface area contributed by atoms with Crippen LogP contribution >= 0.6 is 0 Å². The summed E-state index contributed by atoms with van der Waals surface area (Å²) < 4.78 is 4.71. The highest BCUT2D eigenvalue weighted by Crippen LogP contribution is 2.24. The lowest BCUT2D eigenvalue weighted by molar-refractivity contribution is -0.120. The molecule has 0 aliphatic rings. The number of ether oxygens (including phenoxy) is 1. The molecule has 0 bridgehead atoms. The van der Waals surface area contributed by atoms with Crippen LogP contribution in [0.25, 0.3) is 0 Å². The highest BCUT2D eigenvalue weighted by Gasteiger charge is 2.09. The Hall–Kier alpha value is -3.02. The molecule has 6 nitrogen and oxygen atoms in total. The Morgan fingerprint density at radius 1 is 1.10 bits per heavy atom. The second kappa shape index (κ2) is 5.96. The molecule has 0 aliphatic carbocycles. The molecule has 0 aromatic heterocycles. The van der Waals surface area contributed by atoms with Crippen LogP contribution in [0.15, 0.2) is 36.4 Å². The first kappa shape index (κ1) is 14.4. The summed E-state index contributed by atoms with van der Waals surface area (Å²) in [6.45, 7) is 0.316. The van der Waals surface area contributed by atoms with E-state index in [4.69, 9.17) is 21.3 Å². The molecule has 2 rings (SSSR count). The molecule has 5 N–H and O–H groups in total. The number of aromatic carboxylic acids is 1. The molecule has 108 valence electrons. The average Bonchev–Trinajstić information content (AvgIpc) is 2.41. The molecule has 0 saturated heterocycles. The van der Waals surface area contributed by atoms with Crippen LogP contribution in [0.5, 0.6) is 5.75 Å². The van der Waals surface area contributed by atoms with Crippen LogP contribution in [0.4, 0.5) is 11.4 Å². The fraction of sp³-hybridized carbons (Fsp3) is 0.0667. The molecular formula is C15H14N2O4. The van der Waals surface area contributed by atoms with Gasteiger partial charge in [-0.15, -0.1) is 0 Å². The van der Waals surface area contributed by atoms with Gasteiger partial charge in [-0.3, -0.25) is 4.79 Å². The fourth-order valence-electron chi connectivity index (χ4n) is 2.02. The summed E-state index contributed by atoms with van der Waals surface area (Å²) in [5.41, 5.74) is 13.9. The standard InChI is InChI=1S/C15H14N2O4/c16-12-6-9(1-3-11(12)15(19)20)5-10-2-4-14(21-8-18)13(17)7-10/h1-4,6-8H,5,16-17H2,(H,19,20). The maximum absolute atomic E-state index is 10.9. The maximum atomic E-state index is 10.9. The van der Waals surface area contributed by atoms with Crippen molar-refractivity contribution in [3.63, 3.8) is 0 Å². The minimum Gasteiger partial charge on any atom is -0.478 e. The Balaban J connectivity index is 2.22. The molecule has 0 atom stereocenters. The summed E-state index contributed by atoms with van der Waals surface area (Å²) in [6, 6.07) is 9.87. The van der Waals surface area contributed by atoms with Crippen LogP contribution in [-0.2, 0) is 11.2 Å². The predicted octanol–water partition coefficient (Wildman–Crippen LogP) is 1.68. The number of hydrogen-bond acceptors (Lipinski definition) is 5. The molecule has 0 unspecified atom stereocenters. The second-order valence-corrected chi connectivity index (χ2v) is 4.49. The van der Waals surface area contributed by atoms with E-state index in [1.807, 2.05) is 0 Å². The van der Waals surface area contributed by atoms with Crippen LogP contribution in [0.3, 0.4) is 0 Å². The molecule has 0 radical (unpaired) electrons. The second-order valence-electron chi connectivity index (χ2n) is 4.49. The van der Waals surface area contributed by atoms with Gasteiger partial charge in [0.25, 0.3) is 6.47 Å². The van der Waals surface area contributed by atoms with Gasteiger partial charge in [-0.05, 0) is 41.8 Å². The lowest BCUT2D eigenvalue weighted by atomic mass is 10.0. The third kappa shape index (κ3) is 3.30. The van der Waals surface area contributed by atoms with E-state index in [-0.39, 0.29) is 11.3 Å². The van der Waals surface area contributed by atoms with E-state index < -0.39 is 5.97 Å². The molecule has 6 heteroatoms. The predicted molar refractivity (Wildman–Crippen MR) is 78.2 cm³/mol. The first-order valence-corrected chi connectivity index (χ1v) is 6.11. The van der Waals surface area contributed by atoms with Gasteiger partial charge in [0, 0.05) is 5.69 Å². The SMILES string of the molecule is Nc1cc(Cc2ccc(C(=O)O)c(N)c2)ccc1OC=O. The molecule has 2 aromatic rings. The highest BCUT2D eigenvalue weighted by molar-refractivity contribution is 5.93. The molecule has 0 fully saturated rings. The van der Waals surface area contributed by atoms with Crippen LogP contribution in [-0.4, -0.2) is 17.5 Å². The average molecular weight is 286 g/mol. The molecule has 0 amide bonds. The van der Waals surface area contributed by atoms with Crippen molar-refractivity contribution >= 4 is 23.8 Å². The summed E-state index contributed by atoms with van der Waals surface area (Å²) in [5, 5.41) is 8.92. The van der Waals surface area contributed by atoms with E-state index in [1.165, 1.54) is 6.07 Å². The Morgan fingerprint density at radius 3 is 2.24 bits per heavy atom. The van der Waals surface area contributed by atoms with Gasteiger partial charge in [0.15, 0.2) is 5.75 Å². The molecule has 0 heterocycles. The normalized spacial score (nSPS) is 10.1. The van der Waals surface area contributed by atoms with Crippen LogP contribution in [0.1, 0.15) is 21.5 Å².